The first kappa shape index (κ1) is 18.2. The summed E-state index contributed by atoms with van der Waals surface area (Å²) in [6.07, 6.45) is 0. The number of carbonyl (C=O) groups is 1. The average molecular weight is 350 g/mol. The molecular weight excluding hydrogens is 328 g/mol. The van der Waals surface area contributed by atoms with Crippen LogP contribution in [0.25, 0.3) is 0 Å². The summed E-state index contributed by atoms with van der Waals surface area (Å²) in [5, 5.41) is 0.343. The zero-order valence-electron chi connectivity index (χ0n) is 14.2. The number of Topliss-reactive ketones (excluding diaryl/α,β-unsaturated/α-hetero) is 1. The lowest BCUT2D eigenvalue weighted by atomic mass is 10.2. The summed E-state index contributed by atoms with van der Waals surface area (Å²) in [5.74, 6) is 0.292. The highest BCUT2D eigenvalue weighted by Crippen LogP contribution is 2.23. The van der Waals surface area contributed by atoms with E-state index in [1.54, 1.807) is 7.11 Å². The van der Waals surface area contributed by atoms with Gasteiger partial charge in [0.25, 0.3) is 0 Å². The molecule has 0 spiro atoms. The summed E-state index contributed by atoms with van der Waals surface area (Å²) >= 11 is 1.19. The van der Waals surface area contributed by atoms with Gasteiger partial charge in [-0.15, -0.1) is 0 Å². The molecule has 0 fully saturated rings. The molecule has 0 amide bonds. The largest absolute Gasteiger partial charge is 0.383 e. The summed E-state index contributed by atoms with van der Waals surface area (Å²) in [5.41, 5.74) is 13.7. The Morgan fingerprint density at radius 1 is 1.29 bits per heavy atom. The van der Waals surface area contributed by atoms with Crippen LogP contribution in [0.2, 0.25) is 0 Å². The number of nitrogens with two attached hydrogens (primary N) is 2. The first-order valence-corrected chi connectivity index (χ1v) is 8.42. The molecule has 4 N–H and O–H groups in total. The number of anilines is 2. The number of hydrogen-bond donors (Lipinski definition) is 2. The quantitative estimate of drug-likeness (QED) is 0.571. The van der Waals surface area contributed by atoms with Gasteiger partial charge < -0.3 is 20.8 Å². The number of nitrogens with zero attached hydrogens (tertiary/aromatic N) is 4. The highest BCUT2D eigenvalue weighted by atomic mass is 32.2. The number of nitrogen functional groups attached to an aromatic ring is 2. The minimum Gasteiger partial charge on any atom is -0.383 e. The third-order valence-electron chi connectivity index (χ3n) is 3.62. The van der Waals surface area contributed by atoms with Crippen LogP contribution in [-0.2, 0) is 4.74 Å². The van der Waals surface area contributed by atoms with Gasteiger partial charge in [0.1, 0.15) is 0 Å². The van der Waals surface area contributed by atoms with Crippen LogP contribution < -0.4 is 11.5 Å². The monoisotopic (exact) mass is 350 g/mol. The zero-order chi connectivity index (χ0) is 17.9. The second-order valence-corrected chi connectivity index (χ2v) is 6.45. The molecule has 8 nitrogen and oxygen atoms in total. The molecule has 0 unspecified atom stereocenters. The average Bonchev–Trinajstić information content (AvgIpc) is 2.79. The SMILES string of the molecule is COC[C@H](C)n1c(C)cc(C(=O)CSc2nc(N)nc(N)n2)c1C. The number of ether oxygens (including phenoxy) is 1. The van der Waals surface area contributed by atoms with E-state index in [9.17, 15) is 4.79 Å². The van der Waals surface area contributed by atoms with E-state index >= 15 is 0 Å². The lowest BCUT2D eigenvalue weighted by Gasteiger charge is -2.17. The van der Waals surface area contributed by atoms with E-state index in [4.69, 9.17) is 16.2 Å². The normalized spacial score (nSPS) is 12.3. The number of rotatable bonds is 7. The first-order chi connectivity index (χ1) is 11.3. The van der Waals surface area contributed by atoms with Crippen molar-refractivity contribution < 1.29 is 9.53 Å². The fourth-order valence-corrected chi connectivity index (χ4v) is 3.45. The first-order valence-electron chi connectivity index (χ1n) is 7.43. The molecule has 1 atom stereocenters. The van der Waals surface area contributed by atoms with Gasteiger partial charge in [0.05, 0.1) is 18.4 Å². The van der Waals surface area contributed by atoms with Gasteiger partial charge in [-0.05, 0) is 26.8 Å². The molecule has 130 valence electrons. The van der Waals surface area contributed by atoms with Crippen molar-refractivity contribution in [2.24, 2.45) is 0 Å². The zero-order valence-corrected chi connectivity index (χ0v) is 15.1. The van der Waals surface area contributed by atoms with Gasteiger partial charge in [0.15, 0.2) is 10.9 Å². The van der Waals surface area contributed by atoms with Crippen molar-refractivity contribution in [3.63, 3.8) is 0 Å². The van der Waals surface area contributed by atoms with Crippen LogP contribution in [0.1, 0.15) is 34.7 Å². The number of ketones is 1. The van der Waals surface area contributed by atoms with Crippen LogP contribution in [0.4, 0.5) is 11.9 Å². The predicted molar refractivity (Wildman–Crippen MR) is 94.2 cm³/mol. The van der Waals surface area contributed by atoms with Crippen molar-refractivity contribution >= 4 is 29.4 Å². The van der Waals surface area contributed by atoms with Gasteiger partial charge in [-0.1, -0.05) is 11.8 Å². The van der Waals surface area contributed by atoms with E-state index in [1.165, 1.54) is 11.8 Å². The number of thioether (sulfide) groups is 1. The van der Waals surface area contributed by atoms with E-state index in [1.807, 2.05) is 19.9 Å². The third kappa shape index (κ3) is 4.04. The summed E-state index contributed by atoms with van der Waals surface area (Å²) in [4.78, 5) is 24.2. The maximum absolute atomic E-state index is 12.6. The molecule has 9 heteroatoms. The van der Waals surface area contributed by atoms with Gasteiger partial charge in [-0.2, -0.15) is 15.0 Å². The molecule has 2 aromatic heterocycles. The Labute approximate surface area is 145 Å². The molecule has 0 saturated heterocycles. The molecule has 2 rings (SSSR count). The highest BCUT2D eigenvalue weighted by Gasteiger charge is 2.19. The van der Waals surface area contributed by atoms with Crippen LogP contribution in [0.3, 0.4) is 0 Å². The molecule has 24 heavy (non-hydrogen) atoms. The van der Waals surface area contributed by atoms with Crippen molar-refractivity contribution in [3.8, 4) is 0 Å². The Bertz CT molecular complexity index is 726. The summed E-state index contributed by atoms with van der Waals surface area (Å²) in [7, 11) is 1.67. The summed E-state index contributed by atoms with van der Waals surface area (Å²) in [6.45, 7) is 6.57. The second-order valence-electron chi connectivity index (χ2n) is 5.51. The molecule has 0 aliphatic heterocycles. The second kappa shape index (κ2) is 7.63. The van der Waals surface area contributed by atoms with Crippen molar-refractivity contribution in [3.05, 3.63) is 23.0 Å². The smallest absolute Gasteiger partial charge is 0.225 e. The van der Waals surface area contributed by atoms with Crippen LogP contribution in [-0.4, -0.2) is 44.8 Å². The summed E-state index contributed by atoms with van der Waals surface area (Å²) in [6, 6.07) is 2.06. The molecule has 0 aromatic carbocycles. The fraction of sp³-hybridized carbons (Fsp3) is 0.467. The minimum atomic E-state index is 0.00141. The lowest BCUT2D eigenvalue weighted by molar-refractivity contribution is 0.102. The number of aryl methyl sites for hydroxylation is 1. The Balaban J connectivity index is 2.14. The maximum Gasteiger partial charge on any atom is 0.225 e. The van der Waals surface area contributed by atoms with Gasteiger partial charge in [-0.3, -0.25) is 4.79 Å². The predicted octanol–water partition coefficient (Wildman–Crippen LogP) is 1.64. The molecule has 0 radical (unpaired) electrons. The molecule has 0 bridgehead atoms. The number of methoxy groups -OCH3 is 1. The van der Waals surface area contributed by atoms with Gasteiger partial charge in [0, 0.05) is 24.1 Å². The van der Waals surface area contributed by atoms with Crippen molar-refractivity contribution in [1.82, 2.24) is 19.5 Å². The van der Waals surface area contributed by atoms with Crippen LogP contribution in [0.15, 0.2) is 11.2 Å². The van der Waals surface area contributed by atoms with Crippen molar-refractivity contribution in [2.75, 3.05) is 30.9 Å². The molecule has 2 heterocycles. The van der Waals surface area contributed by atoms with Gasteiger partial charge in [-0.25, -0.2) is 0 Å². The van der Waals surface area contributed by atoms with E-state index in [0.717, 1.165) is 11.4 Å². The number of aromatic nitrogens is 4. The molecule has 0 aliphatic carbocycles. The van der Waals surface area contributed by atoms with E-state index in [2.05, 4.69) is 26.4 Å². The fourth-order valence-electron chi connectivity index (χ4n) is 2.71. The number of hydrogen-bond acceptors (Lipinski definition) is 8. The van der Waals surface area contributed by atoms with Crippen molar-refractivity contribution in [2.45, 2.75) is 32.0 Å². The van der Waals surface area contributed by atoms with Gasteiger partial charge in [0.2, 0.25) is 11.9 Å². The van der Waals surface area contributed by atoms with E-state index in [-0.39, 0.29) is 29.5 Å². The minimum absolute atomic E-state index is 0.00141. The Kier molecular flexibility index (Phi) is 5.79. The topological polar surface area (TPSA) is 122 Å². The molecule has 0 aliphatic rings. The molecule has 2 aromatic rings. The molecular formula is C15H22N6O2S. The van der Waals surface area contributed by atoms with Crippen molar-refractivity contribution in [1.29, 1.82) is 0 Å². The lowest BCUT2D eigenvalue weighted by Crippen LogP contribution is -2.15. The van der Waals surface area contributed by atoms with Gasteiger partial charge >= 0.3 is 0 Å². The highest BCUT2D eigenvalue weighted by molar-refractivity contribution is 7.99. The Hall–Kier alpha value is -2.13. The van der Waals surface area contributed by atoms with Crippen LogP contribution >= 0.6 is 11.8 Å². The Morgan fingerprint density at radius 3 is 2.50 bits per heavy atom. The molecule has 0 saturated carbocycles. The number of carbonyl (C=O) groups excluding carboxylic acids is 1. The van der Waals surface area contributed by atoms with E-state index in [0.29, 0.717) is 17.3 Å². The van der Waals surface area contributed by atoms with Crippen LogP contribution in [0.5, 0.6) is 0 Å². The standard InChI is InChI=1S/C15H22N6O2S/c1-8-5-11(10(3)21(8)9(2)6-23-4)12(22)7-24-15-19-13(16)18-14(17)20-15/h5,9H,6-7H2,1-4H3,(H4,16,17,18,19,20)/t9-/m0/s1. The maximum atomic E-state index is 12.6. The third-order valence-corrected chi connectivity index (χ3v) is 4.46. The van der Waals surface area contributed by atoms with Crippen LogP contribution in [0, 0.1) is 13.8 Å². The summed E-state index contributed by atoms with van der Waals surface area (Å²) < 4.78 is 7.32. The van der Waals surface area contributed by atoms with E-state index < -0.39 is 0 Å². The Morgan fingerprint density at radius 2 is 1.92 bits per heavy atom.